The van der Waals surface area contributed by atoms with Crippen LogP contribution in [0.5, 0.6) is 0 Å². The second-order valence-electron chi connectivity index (χ2n) is 6.22. The highest BCUT2D eigenvalue weighted by molar-refractivity contribution is 9.10. The molecule has 106 valence electrons. The van der Waals surface area contributed by atoms with Gasteiger partial charge >= 0.3 is 0 Å². The number of aliphatic hydroxyl groups excluding tert-OH is 1. The van der Waals surface area contributed by atoms with E-state index in [4.69, 9.17) is 0 Å². The minimum Gasteiger partial charge on any atom is -0.388 e. The van der Waals surface area contributed by atoms with Gasteiger partial charge in [0.15, 0.2) is 0 Å². The van der Waals surface area contributed by atoms with E-state index in [1.54, 1.807) is 0 Å². The number of rotatable bonds is 3. The molecule has 0 saturated carbocycles. The Morgan fingerprint density at radius 2 is 1.70 bits per heavy atom. The zero-order chi connectivity index (χ0) is 14.8. The van der Waals surface area contributed by atoms with Crippen LogP contribution >= 0.6 is 15.9 Å². The van der Waals surface area contributed by atoms with Gasteiger partial charge in [0, 0.05) is 10.9 Å². The van der Waals surface area contributed by atoms with Crippen LogP contribution in [-0.2, 0) is 11.8 Å². The minimum atomic E-state index is -0.465. The quantitative estimate of drug-likeness (QED) is 0.836. The number of hydrogen-bond acceptors (Lipinski definition) is 1. The lowest BCUT2D eigenvalue weighted by Gasteiger charge is -2.19. The molecule has 0 aliphatic carbocycles. The molecule has 0 aliphatic rings. The topological polar surface area (TPSA) is 20.2 Å². The fourth-order valence-electron chi connectivity index (χ4n) is 2.20. The van der Waals surface area contributed by atoms with E-state index in [2.05, 4.69) is 61.0 Å². The van der Waals surface area contributed by atoms with Gasteiger partial charge in [-0.15, -0.1) is 0 Å². The number of benzene rings is 2. The Hall–Kier alpha value is -1.12. The van der Waals surface area contributed by atoms with Crippen molar-refractivity contribution < 1.29 is 5.11 Å². The Morgan fingerprint density at radius 1 is 1.05 bits per heavy atom. The summed E-state index contributed by atoms with van der Waals surface area (Å²) in [4.78, 5) is 0. The average Bonchev–Trinajstić information content (AvgIpc) is 2.38. The first-order chi connectivity index (χ1) is 9.36. The Bertz CT molecular complexity index is 567. The summed E-state index contributed by atoms with van der Waals surface area (Å²) in [6.45, 7) is 6.62. The molecule has 0 aliphatic heterocycles. The maximum Gasteiger partial charge on any atom is 0.0830 e. The molecule has 0 spiro atoms. The molecule has 0 fully saturated rings. The van der Waals surface area contributed by atoms with E-state index >= 15 is 0 Å². The van der Waals surface area contributed by atoms with E-state index < -0.39 is 6.10 Å². The first-order valence-electron chi connectivity index (χ1n) is 6.89. The molecule has 0 bridgehead atoms. The van der Waals surface area contributed by atoms with Crippen LogP contribution in [0.4, 0.5) is 0 Å². The summed E-state index contributed by atoms with van der Waals surface area (Å²) in [5, 5.41) is 10.3. The van der Waals surface area contributed by atoms with Crippen molar-refractivity contribution in [3.63, 3.8) is 0 Å². The predicted molar refractivity (Wildman–Crippen MR) is 87.9 cm³/mol. The monoisotopic (exact) mass is 332 g/mol. The van der Waals surface area contributed by atoms with Gasteiger partial charge in [0.05, 0.1) is 6.10 Å². The molecule has 2 aromatic rings. The maximum absolute atomic E-state index is 10.3. The van der Waals surface area contributed by atoms with Gasteiger partial charge in [0.1, 0.15) is 0 Å². The molecule has 0 aromatic heterocycles. The van der Waals surface area contributed by atoms with E-state index in [-0.39, 0.29) is 5.41 Å². The lowest BCUT2D eigenvalue weighted by molar-refractivity contribution is 0.178. The van der Waals surface area contributed by atoms with E-state index in [1.165, 1.54) is 5.56 Å². The van der Waals surface area contributed by atoms with Gasteiger partial charge in [-0.3, -0.25) is 0 Å². The molecule has 2 heteroatoms. The molecular formula is C18H21BrO. The molecule has 1 unspecified atom stereocenters. The first kappa shape index (κ1) is 15.3. The van der Waals surface area contributed by atoms with Crippen LogP contribution in [0.15, 0.2) is 53.0 Å². The second-order valence-corrected chi connectivity index (χ2v) is 7.14. The Balaban J connectivity index is 2.10. The normalized spacial score (nSPS) is 13.2. The molecular weight excluding hydrogens is 312 g/mol. The van der Waals surface area contributed by atoms with E-state index in [0.29, 0.717) is 6.42 Å². The summed E-state index contributed by atoms with van der Waals surface area (Å²) < 4.78 is 0.997. The van der Waals surface area contributed by atoms with E-state index in [9.17, 15) is 5.11 Å². The fraction of sp³-hybridized carbons (Fsp3) is 0.333. The van der Waals surface area contributed by atoms with Crippen molar-refractivity contribution >= 4 is 15.9 Å². The van der Waals surface area contributed by atoms with Crippen molar-refractivity contribution in [1.29, 1.82) is 0 Å². The molecule has 1 atom stereocenters. The van der Waals surface area contributed by atoms with Gasteiger partial charge in [0.25, 0.3) is 0 Å². The highest BCUT2D eigenvalue weighted by Crippen LogP contribution is 2.25. The van der Waals surface area contributed by atoms with Crippen LogP contribution in [0.25, 0.3) is 0 Å². The molecule has 20 heavy (non-hydrogen) atoms. The smallest absolute Gasteiger partial charge is 0.0830 e. The Labute approximate surface area is 129 Å². The largest absolute Gasteiger partial charge is 0.388 e. The summed E-state index contributed by atoms with van der Waals surface area (Å²) >= 11 is 3.44. The van der Waals surface area contributed by atoms with Crippen LogP contribution < -0.4 is 0 Å². The maximum atomic E-state index is 10.3. The van der Waals surface area contributed by atoms with Gasteiger partial charge in [0.2, 0.25) is 0 Å². The second kappa shape index (κ2) is 6.11. The van der Waals surface area contributed by atoms with Gasteiger partial charge in [-0.25, -0.2) is 0 Å². The molecule has 2 aromatic carbocycles. The third-order valence-corrected chi connectivity index (χ3v) is 3.98. The first-order valence-corrected chi connectivity index (χ1v) is 7.68. The summed E-state index contributed by atoms with van der Waals surface area (Å²) in [7, 11) is 0. The summed E-state index contributed by atoms with van der Waals surface area (Å²) in [6, 6.07) is 16.4. The van der Waals surface area contributed by atoms with Crippen molar-refractivity contribution in [2.75, 3.05) is 0 Å². The van der Waals surface area contributed by atoms with Gasteiger partial charge < -0.3 is 5.11 Å². The number of halogens is 1. The van der Waals surface area contributed by atoms with Crippen LogP contribution in [0.1, 0.15) is 43.6 Å². The van der Waals surface area contributed by atoms with Gasteiger partial charge in [-0.05, 0) is 34.2 Å². The van der Waals surface area contributed by atoms with E-state index in [1.807, 2.05) is 24.3 Å². The SMILES string of the molecule is CC(C)(C)c1ccc(CC(O)c2cccc(Br)c2)cc1. The highest BCUT2D eigenvalue weighted by atomic mass is 79.9. The van der Waals surface area contributed by atoms with E-state index in [0.717, 1.165) is 15.6 Å². The van der Waals surface area contributed by atoms with Crippen molar-refractivity contribution in [1.82, 2.24) is 0 Å². The third-order valence-electron chi connectivity index (χ3n) is 3.48. The molecule has 0 amide bonds. The van der Waals surface area contributed by atoms with Gasteiger partial charge in [-0.1, -0.05) is 73.1 Å². The summed E-state index contributed by atoms with van der Waals surface area (Å²) in [5.74, 6) is 0. The van der Waals surface area contributed by atoms with Crippen LogP contribution in [-0.4, -0.2) is 5.11 Å². The third kappa shape index (κ3) is 3.94. The fourth-order valence-corrected chi connectivity index (χ4v) is 2.61. The Kier molecular flexibility index (Phi) is 4.66. The van der Waals surface area contributed by atoms with Crippen molar-refractivity contribution in [2.24, 2.45) is 0 Å². The van der Waals surface area contributed by atoms with Crippen molar-refractivity contribution in [3.05, 3.63) is 69.7 Å². The standard InChI is InChI=1S/C18H21BrO/c1-18(2,3)15-9-7-13(8-10-15)11-17(20)14-5-4-6-16(19)12-14/h4-10,12,17,20H,11H2,1-3H3. The summed E-state index contributed by atoms with van der Waals surface area (Å²) in [6.07, 6.45) is 0.175. The molecule has 1 nitrogen and oxygen atoms in total. The molecule has 1 N–H and O–H groups in total. The minimum absolute atomic E-state index is 0.168. The number of aliphatic hydroxyl groups is 1. The molecule has 0 heterocycles. The van der Waals surface area contributed by atoms with Crippen molar-refractivity contribution in [2.45, 2.75) is 38.7 Å². The molecule has 2 rings (SSSR count). The number of hydrogen-bond donors (Lipinski definition) is 1. The van der Waals surface area contributed by atoms with Crippen molar-refractivity contribution in [3.8, 4) is 0 Å². The molecule has 0 saturated heterocycles. The molecule has 0 radical (unpaired) electrons. The predicted octanol–water partition coefficient (Wildman–Crippen LogP) is 5.02. The highest BCUT2D eigenvalue weighted by Gasteiger charge is 2.14. The van der Waals surface area contributed by atoms with Gasteiger partial charge in [-0.2, -0.15) is 0 Å². The zero-order valence-electron chi connectivity index (χ0n) is 12.2. The zero-order valence-corrected chi connectivity index (χ0v) is 13.8. The lowest BCUT2D eigenvalue weighted by atomic mass is 9.86. The summed E-state index contributed by atoms with van der Waals surface area (Å²) in [5.41, 5.74) is 3.59. The van der Waals surface area contributed by atoms with Crippen LogP contribution in [0, 0.1) is 0 Å². The lowest BCUT2D eigenvalue weighted by Crippen LogP contribution is -2.11. The van der Waals surface area contributed by atoms with Crippen LogP contribution in [0.2, 0.25) is 0 Å². The Morgan fingerprint density at radius 3 is 2.25 bits per heavy atom. The van der Waals surface area contributed by atoms with Crippen LogP contribution in [0.3, 0.4) is 0 Å². The average molecular weight is 333 g/mol.